The van der Waals surface area contributed by atoms with Crippen molar-refractivity contribution in [1.82, 2.24) is 9.88 Å². The summed E-state index contributed by atoms with van der Waals surface area (Å²) in [7, 11) is 0. The summed E-state index contributed by atoms with van der Waals surface area (Å²) in [4.78, 5) is 6.45. The summed E-state index contributed by atoms with van der Waals surface area (Å²) < 4.78 is 6.71. The average Bonchev–Trinajstić information content (AvgIpc) is 3.19. The Bertz CT molecular complexity index is 729. The van der Waals surface area contributed by atoms with E-state index in [4.69, 9.17) is 10.1 Å². The smallest absolute Gasteiger partial charge is 0.135 e. The number of benzene rings is 1. The van der Waals surface area contributed by atoms with Crippen LogP contribution in [-0.4, -0.2) is 46.6 Å². The lowest BCUT2D eigenvalue weighted by Crippen LogP contribution is -2.34. The fourth-order valence-corrected chi connectivity index (χ4v) is 4.06. The molecule has 0 amide bonds. The van der Waals surface area contributed by atoms with Gasteiger partial charge >= 0.3 is 0 Å². The van der Waals surface area contributed by atoms with Gasteiger partial charge in [-0.1, -0.05) is 12.1 Å². The van der Waals surface area contributed by atoms with Crippen molar-refractivity contribution in [3.05, 3.63) is 35.0 Å². The van der Waals surface area contributed by atoms with Crippen LogP contribution in [0, 0.1) is 5.41 Å². The number of amidine groups is 1. The number of hydrogen-bond acceptors (Lipinski definition) is 5. The molecule has 1 atom stereocenters. The van der Waals surface area contributed by atoms with E-state index in [0.717, 1.165) is 34.7 Å². The summed E-state index contributed by atoms with van der Waals surface area (Å²) in [6.45, 7) is 1.84. The van der Waals surface area contributed by atoms with Crippen molar-refractivity contribution in [3.63, 3.8) is 0 Å². The summed E-state index contributed by atoms with van der Waals surface area (Å²) >= 11 is 1.52. The van der Waals surface area contributed by atoms with Crippen LogP contribution in [0.2, 0.25) is 0 Å². The van der Waals surface area contributed by atoms with E-state index in [0.29, 0.717) is 24.5 Å². The number of fused-ring (bicyclic) bond motifs is 1. The van der Waals surface area contributed by atoms with Gasteiger partial charge in [0.1, 0.15) is 16.6 Å². The molecule has 5 nitrogen and oxygen atoms in total. The first kappa shape index (κ1) is 13.7. The zero-order valence-corrected chi connectivity index (χ0v) is 12.9. The first-order valence-corrected chi connectivity index (χ1v) is 8.27. The topological polar surface area (TPSA) is 69.4 Å². The highest BCUT2D eigenvalue weighted by Gasteiger charge is 2.32. The third-order valence-electron chi connectivity index (χ3n) is 4.14. The normalized spacial score (nSPS) is 22.3. The van der Waals surface area contributed by atoms with Gasteiger partial charge in [0.05, 0.1) is 28.4 Å². The molecule has 0 radical (unpaired) electrons. The summed E-state index contributed by atoms with van der Waals surface area (Å²) in [5.41, 5.74) is 1.48. The molecule has 0 aliphatic carbocycles. The zero-order valence-electron chi connectivity index (χ0n) is 12.1. The molecule has 2 aromatic rings. The van der Waals surface area contributed by atoms with Gasteiger partial charge in [0.2, 0.25) is 0 Å². The second-order valence-electron chi connectivity index (χ2n) is 5.67. The fourth-order valence-electron chi connectivity index (χ4n) is 3.03. The molecule has 1 aromatic carbocycles. The van der Waals surface area contributed by atoms with E-state index in [9.17, 15) is 5.11 Å². The molecular weight excluding hydrogens is 298 g/mol. The number of aromatic nitrogens is 1. The number of nitrogens with one attached hydrogen (secondary N) is 1. The highest BCUT2D eigenvalue weighted by atomic mass is 32.1. The monoisotopic (exact) mass is 315 g/mol. The van der Waals surface area contributed by atoms with Crippen molar-refractivity contribution in [2.45, 2.75) is 18.9 Å². The molecule has 0 spiro atoms. The van der Waals surface area contributed by atoms with Crippen molar-refractivity contribution in [2.24, 2.45) is 0 Å². The van der Waals surface area contributed by atoms with Crippen molar-refractivity contribution in [3.8, 4) is 0 Å². The van der Waals surface area contributed by atoms with Gasteiger partial charge in [0.25, 0.3) is 0 Å². The summed E-state index contributed by atoms with van der Waals surface area (Å²) in [6, 6.07) is 7.89. The predicted molar refractivity (Wildman–Crippen MR) is 87.4 cm³/mol. The fraction of sp³-hybridized carbons (Fsp3) is 0.375. The number of aliphatic hydroxyl groups is 1. The van der Waals surface area contributed by atoms with Crippen LogP contribution in [0.25, 0.3) is 15.8 Å². The summed E-state index contributed by atoms with van der Waals surface area (Å²) in [5.74, 6) is 0.592. The maximum Gasteiger partial charge on any atom is 0.135 e. The molecule has 0 saturated carbocycles. The van der Waals surface area contributed by atoms with E-state index in [2.05, 4.69) is 4.98 Å². The van der Waals surface area contributed by atoms with Crippen LogP contribution < -0.4 is 0 Å². The number of ether oxygens (including phenoxy) is 1. The second-order valence-corrected chi connectivity index (χ2v) is 6.70. The van der Waals surface area contributed by atoms with Crippen LogP contribution in [0.5, 0.6) is 0 Å². The highest BCUT2D eigenvalue weighted by molar-refractivity contribution is 7.19. The minimum absolute atomic E-state index is 0.169. The largest absolute Gasteiger partial charge is 0.510 e. The Hall–Kier alpha value is -1.92. The molecule has 1 fully saturated rings. The predicted octanol–water partition coefficient (Wildman–Crippen LogP) is 3.04. The minimum Gasteiger partial charge on any atom is -0.510 e. The van der Waals surface area contributed by atoms with Crippen molar-refractivity contribution in [1.29, 1.82) is 5.41 Å². The zero-order chi connectivity index (χ0) is 15.1. The van der Waals surface area contributed by atoms with Crippen molar-refractivity contribution < 1.29 is 9.84 Å². The van der Waals surface area contributed by atoms with E-state index in [1.165, 1.54) is 11.3 Å². The van der Waals surface area contributed by atoms with Gasteiger partial charge in [-0.2, -0.15) is 0 Å². The van der Waals surface area contributed by atoms with E-state index in [-0.39, 0.29) is 11.9 Å². The molecule has 0 unspecified atom stereocenters. The SMILES string of the molecule is N=C1C(c2nc3ccccc3s2)=C(O)CN1C[C@H]1CCCO1. The van der Waals surface area contributed by atoms with Gasteiger partial charge in [0, 0.05) is 13.2 Å². The molecule has 3 heterocycles. The van der Waals surface area contributed by atoms with Gasteiger partial charge in [-0.3, -0.25) is 5.41 Å². The van der Waals surface area contributed by atoms with Gasteiger partial charge in [0.15, 0.2) is 0 Å². The highest BCUT2D eigenvalue weighted by Crippen LogP contribution is 2.33. The Balaban J connectivity index is 1.60. The molecule has 114 valence electrons. The maximum absolute atomic E-state index is 10.3. The number of nitrogens with zero attached hydrogens (tertiary/aromatic N) is 2. The molecule has 1 aromatic heterocycles. The number of rotatable bonds is 3. The van der Waals surface area contributed by atoms with Gasteiger partial charge in [-0.25, -0.2) is 4.98 Å². The maximum atomic E-state index is 10.3. The molecule has 4 rings (SSSR count). The Morgan fingerprint density at radius 2 is 2.27 bits per heavy atom. The summed E-state index contributed by atoms with van der Waals surface area (Å²) in [5, 5.41) is 19.4. The lowest BCUT2D eigenvalue weighted by atomic mass is 10.2. The number of thiazole rings is 1. The Morgan fingerprint density at radius 1 is 1.41 bits per heavy atom. The van der Waals surface area contributed by atoms with Crippen molar-refractivity contribution >= 4 is 33.0 Å². The van der Waals surface area contributed by atoms with Gasteiger partial charge in [-0.05, 0) is 25.0 Å². The third-order valence-corrected chi connectivity index (χ3v) is 5.19. The summed E-state index contributed by atoms with van der Waals surface area (Å²) in [6.07, 6.45) is 2.28. The third kappa shape index (κ3) is 2.28. The Labute approximate surface area is 132 Å². The Morgan fingerprint density at radius 3 is 3.05 bits per heavy atom. The minimum atomic E-state index is 0.169. The molecule has 2 aliphatic heterocycles. The molecule has 1 saturated heterocycles. The average molecular weight is 315 g/mol. The van der Waals surface area contributed by atoms with Crippen molar-refractivity contribution in [2.75, 3.05) is 19.7 Å². The van der Waals surface area contributed by atoms with Crippen LogP contribution in [0.4, 0.5) is 0 Å². The van der Waals surface area contributed by atoms with Crippen LogP contribution in [0.15, 0.2) is 30.0 Å². The molecule has 0 bridgehead atoms. The van der Waals surface area contributed by atoms with E-state index < -0.39 is 0 Å². The quantitative estimate of drug-likeness (QED) is 0.913. The van der Waals surface area contributed by atoms with Gasteiger partial charge in [-0.15, -0.1) is 11.3 Å². The Kier molecular flexibility index (Phi) is 3.35. The number of aliphatic hydroxyl groups excluding tert-OH is 1. The van der Waals surface area contributed by atoms with Gasteiger partial charge < -0.3 is 14.7 Å². The molecule has 6 heteroatoms. The first-order chi connectivity index (χ1) is 10.7. The standard InChI is InChI=1S/C16H17N3O2S/c17-15-14(16-18-11-5-1-2-6-13(11)22-16)12(20)9-19(15)8-10-4-3-7-21-10/h1-2,5-6,10,17,20H,3-4,7-9H2/t10-/m1/s1. The van der Waals surface area contributed by atoms with Crippen LogP contribution >= 0.6 is 11.3 Å². The van der Waals surface area contributed by atoms with Crippen LogP contribution in [-0.2, 0) is 4.74 Å². The second kappa shape index (κ2) is 5.37. The number of para-hydroxylation sites is 1. The molecular formula is C16H17N3O2S. The van der Waals surface area contributed by atoms with E-state index in [1.54, 1.807) is 0 Å². The lowest BCUT2D eigenvalue weighted by molar-refractivity contribution is 0.0924. The van der Waals surface area contributed by atoms with Crippen LogP contribution in [0.3, 0.4) is 0 Å². The molecule has 2 aliphatic rings. The van der Waals surface area contributed by atoms with E-state index >= 15 is 0 Å². The number of hydrogen-bond donors (Lipinski definition) is 2. The lowest BCUT2D eigenvalue weighted by Gasteiger charge is -2.21. The molecule has 22 heavy (non-hydrogen) atoms. The molecule has 2 N–H and O–H groups in total. The first-order valence-electron chi connectivity index (χ1n) is 7.46. The van der Waals surface area contributed by atoms with E-state index in [1.807, 2.05) is 29.2 Å². The van der Waals surface area contributed by atoms with Crippen LogP contribution in [0.1, 0.15) is 17.8 Å².